The van der Waals surface area contributed by atoms with Crippen LogP contribution in [0, 0.1) is 5.92 Å². The fourth-order valence-corrected chi connectivity index (χ4v) is 5.36. The molecule has 32 heavy (non-hydrogen) atoms. The lowest BCUT2D eigenvalue weighted by atomic mass is 9.78. The largest absolute Gasteiger partial charge is 0.497 e. The molecule has 172 valence electrons. The quantitative estimate of drug-likeness (QED) is 0.695. The monoisotopic (exact) mass is 443 g/mol. The zero-order chi connectivity index (χ0) is 22.3. The molecule has 0 aromatic heterocycles. The molecule has 1 aliphatic carbocycles. The molecule has 5 rings (SSSR count). The highest BCUT2D eigenvalue weighted by Gasteiger charge is 2.56. The minimum absolute atomic E-state index is 0.0442. The molecule has 0 radical (unpaired) electrons. The van der Waals surface area contributed by atoms with Crippen LogP contribution in [0.1, 0.15) is 37.7 Å². The Kier molecular flexibility index (Phi) is 5.33. The van der Waals surface area contributed by atoms with E-state index in [9.17, 15) is 14.4 Å². The fraction of sp³-hybridized carbons (Fsp3) is 0.609. The first-order valence-electron chi connectivity index (χ1n) is 11.2. The number of urea groups is 1. The highest BCUT2D eigenvalue weighted by molar-refractivity contribution is 6.07. The van der Waals surface area contributed by atoms with Crippen LogP contribution in [0.25, 0.3) is 0 Å². The maximum absolute atomic E-state index is 13.2. The van der Waals surface area contributed by atoms with Gasteiger partial charge in [-0.25, -0.2) is 4.79 Å². The second kappa shape index (κ2) is 8.04. The molecule has 2 spiro atoms. The Morgan fingerprint density at radius 2 is 1.75 bits per heavy atom. The number of likely N-dealkylation sites (tertiary alicyclic amines) is 1. The van der Waals surface area contributed by atoms with Crippen LogP contribution < -0.4 is 10.1 Å². The zero-order valence-electron chi connectivity index (χ0n) is 18.3. The first-order valence-corrected chi connectivity index (χ1v) is 11.2. The van der Waals surface area contributed by atoms with Crippen LogP contribution in [0.15, 0.2) is 24.3 Å². The molecule has 4 amide bonds. The Morgan fingerprint density at radius 3 is 2.41 bits per heavy atom. The van der Waals surface area contributed by atoms with E-state index in [2.05, 4.69) is 5.32 Å². The van der Waals surface area contributed by atoms with Crippen molar-refractivity contribution in [3.63, 3.8) is 0 Å². The van der Waals surface area contributed by atoms with Crippen molar-refractivity contribution in [3.8, 4) is 5.75 Å². The maximum atomic E-state index is 13.2. The predicted molar refractivity (Wildman–Crippen MR) is 113 cm³/mol. The number of benzene rings is 1. The Hall–Kier alpha value is -2.65. The summed E-state index contributed by atoms with van der Waals surface area (Å²) in [6, 6.07) is 7.26. The molecule has 1 unspecified atom stereocenters. The fourth-order valence-electron chi connectivity index (χ4n) is 5.36. The predicted octanol–water partition coefficient (Wildman–Crippen LogP) is 1.65. The van der Waals surface area contributed by atoms with Gasteiger partial charge < -0.3 is 24.4 Å². The number of ether oxygens (including phenoxy) is 3. The summed E-state index contributed by atoms with van der Waals surface area (Å²) in [5.41, 5.74) is 0.143. The maximum Gasteiger partial charge on any atom is 0.325 e. The number of hydrogen-bond acceptors (Lipinski definition) is 6. The summed E-state index contributed by atoms with van der Waals surface area (Å²) in [4.78, 5) is 41.6. The van der Waals surface area contributed by atoms with E-state index in [4.69, 9.17) is 14.2 Å². The number of nitrogens with one attached hydrogen (secondary N) is 1. The summed E-state index contributed by atoms with van der Waals surface area (Å²) in [7, 11) is 1.62. The average Bonchev–Trinajstić information content (AvgIpc) is 3.45. The molecule has 9 nitrogen and oxygen atoms in total. The third-order valence-electron chi connectivity index (χ3n) is 7.19. The Morgan fingerprint density at radius 1 is 1.06 bits per heavy atom. The Balaban J connectivity index is 1.19. The third kappa shape index (κ3) is 3.73. The van der Waals surface area contributed by atoms with Gasteiger partial charge in [-0.1, -0.05) is 12.1 Å². The van der Waals surface area contributed by atoms with E-state index in [0.717, 1.165) is 11.3 Å². The van der Waals surface area contributed by atoms with Crippen molar-refractivity contribution in [3.05, 3.63) is 29.8 Å². The minimum Gasteiger partial charge on any atom is -0.497 e. The summed E-state index contributed by atoms with van der Waals surface area (Å²) < 4.78 is 16.7. The highest BCUT2D eigenvalue weighted by atomic mass is 16.7. The lowest BCUT2D eigenvalue weighted by Crippen LogP contribution is -2.53. The number of nitrogens with zero attached hydrogens (tertiary/aromatic N) is 2. The van der Waals surface area contributed by atoms with Crippen LogP contribution in [0.4, 0.5) is 4.79 Å². The summed E-state index contributed by atoms with van der Waals surface area (Å²) >= 11 is 0. The summed E-state index contributed by atoms with van der Waals surface area (Å²) in [6.45, 7) is 2.44. The van der Waals surface area contributed by atoms with Crippen molar-refractivity contribution in [2.45, 2.75) is 50.0 Å². The van der Waals surface area contributed by atoms with E-state index < -0.39 is 11.3 Å². The van der Waals surface area contributed by atoms with Crippen LogP contribution >= 0.6 is 0 Å². The smallest absolute Gasteiger partial charge is 0.325 e. The summed E-state index contributed by atoms with van der Waals surface area (Å²) in [5, 5.41) is 2.94. The molecule has 1 N–H and O–H groups in total. The van der Waals surface area contributed by atoms with E-state index in [-0.39, 0.29) is 30.3 Å². The number of amides is 4. The summed E-state index contributed by atoms with van der Waals surface area (Å²) in [5.74, 6) is -0.0311. The Bertz CT molecular complexity index is 901. The molecule has 4 fully saturated rings. The van der Waals surface area contributed by atoms with E-state index in [1.54, 1.807) is 12.0 Å². The standard InChI is InChI=1S/C23H29N3O6/c1-30-18-4-2-16(3-5-18)13-25-14-17(12-19(25)27)15-26-20(28)22(24-21(26)29)6-8-23(9-7-22)31-10-11-32-23/h2-5,17H,6-15H2,1H3,(H,24,29). The first-order chi connectivity index (χ1) is 15.4. The van der Waals surface area contributed by atoms with E-state index >= 15 is 0 Å². The van der Waals surface area contributed by atoms with Gasteiger partial charge in [0.1, 0.15) is 11.3 Å². The van der Waals surface area contributed by atoms with Crippen molar-refractivity contribution >= 4 is 17.8 Å². The number of carbonyl (C=O) groups excluding carboxylic acids is 3. The molecule has 1 aromatic rings. The molecule has 3 saturated heterocycles. The molecule has 3 aliphatic heterocycles. The van der Waals surface area contributed by atoms with E-state index in [1.807, 2.05) is 24.3 Å². The summed E-state index contributed by atoms with van der Waals surface area (Å²) in [6.07, 6.45) is 2.52. The molecule has 1 aromatic carbocycles. The van der Waals surface area contributed by atoms with Gasteiger partial charge >= 0.3 is 6.03 Å². The van der Waals surface area contributed by atoms with Gasteiger partial charge in [0, 0.05) is 44.8 Å². The normalized spacial score (nSPS) is 26.4. The van der Waals surface area contributed by atoms with Gasteiger partial charge in [-0.15, -0.1) is 0 Å². The molecule has 3 heterocycles. The number of hydrogen-bond donors (Lipinski definition) is 1. The van der Waals surface area contributed by atoms with Gasteiger partial charge in [0.25, 0.3) is 5.91 Å². The molecule has 1 atom stereocenters. The van der Waals surface area contributed by atoms with Gasteiger partial charge in [0.05, 0.1) is 20.3 Å². The second-order valence-corrected chi connectivity index (χ2v) is 9.23. The van der Waals surface area contributed by atoms with Crippen molar-refractivity contribution < 1.29 is 28.6 Å². The lowest BCUT2D eigenvalue weighted by molar-refractivity contribution is -0.186. The van der Waals surface area contributed by atoms with E-state index in [1.165, 1.54) is 4.90 Å². The van der Waals surface area contributed by atoms with Gasteiger partial charge in [-0.05, 0) is 30.5 Å². The molecular formula is C23H29N3O6. The van der Waals surface area contributed by atoms with Crippen molar-refractivity contribution in [1.29, 1.82) is 0 Å². The first kappa shape index (κ1) is 21.2. The van der Waals surface area contributed by atoms with Crippen LogP contribution in [0.5, 0.6) is 5.75 Å². The zero-order valence-corrected chi connectivity index (χ0v) is 18.3. The van der Waals surface area contributed by atoms with Gasteiger partial charge in [0.2, 0.25) is 5.91 Å². The number of imide groups is 1. The van der Waals surface area contributed by atoms with Crippen LogP contribution in [-0.4, -0.2) is 72.4 Å². The van der Waals surface area contributed by atoms with Crippen LogP contribution in [0.2, 0.25) is 0 Å². The minimum atomic E-state index is -0.872. The van der Waals surface area contributed by atoms with Crippen molar-refractivity contribution in [1.82, 2.24) is 15.1 Å². The van der Waals surface area contributed by atoms with Crippen LogP contribution in [-0.2, 0) is 25.6 Å². The number of carbonyl (C=O) groups is 3. The average molecular weight is 444 g/mol. The van der Waals surface area contributed by atoms with Gasteiger partial charge in [0.15, 0.2) is 5.79 Å². The van der Waals surface area contributed by atoms with Gasteiger partial charge in [-0.3, -0.25) is 14.5 Å². The lowest BCUT2D eigenvalue weighted by Gasteiger charge is -2.39. The highest BCUT2D eigenvalue weighted by Crippen LogP contribution is 2.43. The second-order valence-electron chi connectivity index (χ2n) is 9.23. The molecule has 9 heteroatoms. The number of methoxy groups -OCH3 is 1. The third-order valence-corrected chi connectivity index (χ3v) is 7.19. The van der Waals surface area contributed by atoms with Crippen LogP contribution in [0.3, 0.4) is 0 Å². The van der Waals surface area contributed by atoms with Crippen molar-refractivity contribution in [2.24, 2.45) is 5.92 Å². The molecule has 4 aliphatic rings. The Labute approximate surface area is 187 Å². The van der Waals surface area contributed by atoms with E-state index in [0.29, 0.717) is 58.4 Å². The molecular weight excluding hydrogens is 414 g/mol. The molecule has 1 saturated carbocycles. The molecule has 0 bridgehead atoms. The SMILES string of the molecule is COc1ccc(CN2CC(CN3C(=O)NC4(CCC5(CC4)OCCO5)C3=O)CC2=O)cc1. The van der Waals surface area contributed by atoms with Crippen molar-refractivity contribution in [2.75, 3.05) is 33.4 Å². The van der Waals surface area contributed by atoms with Gasteiger partial charge in [-0.2, -0.15) is 0 Å². The topological polar surface area (TPSA) is 97.4 Å². The number of rotatable bonds is 5.